The molecule has 3 fully saturated rings. The van der Waals surface area contributed by atoms with Gasteiger partial charge in [-0.15, -0.1) is 11.3 Å². The first-order valence-corrected chi connectivity index (χ1v) is 18.2. The molecule has 0 bridgehead atoms. The number of alkyl halides is 5. The van der Waals surface area contributed by atoms with Crippen LogP contribution in [0.5, 0.6) is 11.8 Å². The van der Waals surface area contributed by atoms with E-state index in [9.17, 15) is 14.0 Å². The fourth-order valence-electron chi connectivity index (χ4n) is 8.92. The number of thiophene rings is 1. The van der Waals surface area contributed by atoms with E-state index >= 15 is 22.0 Å². The van der Waals surface area contributed by atoms with Gasteiger partial charge in [0.25, 0.3) is 5.92 Å². The number of hydrogen-bond acceptors (Lipinski definition) is 12. The summed E-state index contributed by atoms with van der Waals surface area (Å²) in [4.78, 5) is 20.9. The third kappa shape index (κ3) is 5.16. The summed E-state index contributed by atoms with van der Waals surface area (Å²) in [5, 5.41) is 9.03. The molecule has 55 heavy (non-hydrogen) atoms. The molecule has 1 saturated carbocycles. The van der Waals surface area contributed by atoms with Crippen molar-refractivity contribution in [3.63, 3.8) is 0 Å². The quantitative estimate of drug-likeness (QED) is 0.168. The summed E-state index contributed by atoms with van der Waals surface area (Å²) in [5.74, 6) is -6.10. The molecule has 19 heteroatoms. The van der Waals surface area contributed by atoms with Gasteiger partial charge in [0.15, 0.2) is 5.82 Å². The number of hydrogen-bond donors (Lipinski definition) is 2. The molecule has 3 aromatic heterocycles. The lowest BCUT2D eigenvalue weighted by atomic mass is 9.89. The van der Waals surface area contributed by atoms with E-state index in [0.717, 1.165) is 18.6 Å². The summed E-state index contributed by atoms with van der Waals surface area (Å²) in [6.07, 6.45) is -1.28. The molecule has 1 spiro atoms. The number of nitriles is 1. The van der Waals surface area contributed by atoms with Crippen LogP contribution in [0.15, 0.2) is 24.5 Å². The van der Waals surface area contributed by atoms with Crippen molar-refractivity contribution < 1.29 is 40.2 Å². The third-order valence-electron chi connectivity index (χ3n) is 11.5. The number of rotatable bonds is 6. The molecule has 3 atom stereocenters. The van der Waals surface area contributed by atoms with Crippen LogP contribution in [0.25, 0.3) is 32.1 Å². The van der Waals surface area contributed by atoms with Crippen molar-refractivity contribution in [1.29, 1.82) is 5.26 Å². The first-order valence-electron chi connectivity index (χ1n) is 17.4. The topological polar surface area (TPSA) is 152 Å². The van der Waals surface area contributed by atoms with Gasteiger partial charge in [-0.3, -0.25) is 9.88 Å². The normalized spacial score (nSPS) is 23.5. The second-order valence-electron chi connectivity index (χ2n) is 14.6. The lowest BCUT2D eigenvalue weighted by molar-refractivity contribution is -0.138. The summed E-state index contributed by atoms with van der Waals surface area (Å²) in [5.41, 5.74) is 6.49. The van der Waals surface area contributed by atoms with E-state index in [4.69, 9.17) is 20.9 Å². The Hall–Kier alpha value is -5.22. The molecule has 6 heterocycles. The van der Waals surface area contributed by atoms with Crippen molar-refractivity contribution in [1.82, 2.24) is 24.8 Å². The van der Waals surface area contributed by atoms with E-state index in [0.29, 0.717) is 24.3 Å². The van der Waals surface area contributed by atoms with Crippen LogP contribution < -0.4 is 25.8 Å². The van der Waals surface area contributed by atoms with Gasteiger partial charge in [-0.2, -0.15) is 28.4 Å². The highest BCUT2D eigenvalue weighted by Crippen LogP contribution is 2.69. The smallest absolute Gasteiger partial charge is 0.420 e. The van der Waals surface area contributed by atoms with Crippen LogP contribution in [0, 0.1) is 28.4 Å². The number of aromatic nitrogens is 4. The Labute approximate surface area is 311 Å². The fourth-order valence-corrected chi connectivity index (χ4v) is 9.87. The molecule has 3 aliphatic heterocycles. The summed E-state index contributed by atoms with van der Waals surface area (Å²) in [6.45, 7) is 1.85. The molecular formula is C36H30F7N9O2S. The predicted molar refractivity (Wildman–Crippen MR) is 188 cm³/mol. The Kier molecular flexibility index (Phi) is 7.67. The van der Waals surface area contributed by atoms with Crippen LogP contribution in [0.3, 0.4) is 0 Å². The van der Waals surface area contributed by atoms with Crippen molar-refractivity contribution in [2.24, 2.45) is 5.41 Å². The number of anilines is 3. The minimum absolute atomic E-state index is 0.0378. The number of nitrogens with zero attached hydrogens (tertiary/aromatic N) is 7. The van der Waals surface area contributed by atoms with E-state index in [1.165, 1.54) is 17.3 Å². The molecule has 286 valence electrons. The van der Waals surface area contributed by atoms with E-state index in [-0.39, 0.29) is 77.1 Å². The number of benzene rings is 2. The zero-order valence-corrected chi connectivity index (χ0v) is 29.7. The van der Waals surface area contributed by atoms with Crippen LogP contribution in [-0.4, -0.2) is 69.1 Å². The SMILES string of the molecule is C[C@H](c1nccnc1N)N1CCOc2c(C(F)(F)F)c(-c3ccc(F)c4sc(N)c(C#N)c34)c(F)c3nc(OC[C@@]45CCCN4C[C@@]4(CC4(F)F)C5)nc1c23. The van der Waals surface area contributed by atoms with Crippen LogP contribution in [0.4, 0.5) is 47.4 Å². The Morgan fingerprint density at radius 2 is 1.85 bits per heavy atom. The number of ether oxygens (including phenoxy) is 2. The minimum Gasteiger partial charge on any atom is -0.490 e. The molecule has 0 radical (unpaired) electrons. The minimum atomic E-state index is -5.27. The Morgan fingerprint density at radius 3 is 2.56 bits per heavy atom. The maximum absolute atomic E-state index is 17.5. The predicted octanol–water partition coefficient (Wildman–Crippen LogP) is 7.24. The average Bonchev–Trinajstić information content (AvgIpc) is 3.37. The largest absolute Gasteiger partial charge is 0.490 e. The van der Waals surface area contributed by atoms with E-state index in [1.54, 1.807) is 6.92 Å². The highest BCUT2D eigenvalue weighted by Gasteiger charge is 2.77. The molecule has 9 rings (SSSR count). The molecule has 4 N–H and O–H groups in total. The lowest BCUT2D eigenvalue weighted by Crippen LogP contribution is -2.43. The van der Waals surface area contributed by atoms with E-state index in [2.05, 4.69) is 19.9 Å². The molecular weight excluding hydrogens is 756 g/mol. The Bertz CT molecular complexity index is 2490. The van der Waals surface area contributed by atoms with Crippen molar-refractivity contribution in [2.75, 3.05) is 49.2 Å². The fraction of sp³-hybridized carbons (Fsp3) is 0.417. The summed E-state index contributed by atoms with van der Waals surface area (Å²) in [6, 6.07) is 2.42. The van der Waals surface area contributed by atoms with Crippen molar-refractivity contribution in [3.8, 4) is 29.0 Å². The molecule has 2 aromatic carbocycles. The zero-order chi connectivity index (χ0) is 38.8. The number of halogens is 7. The van der Waals surface area contributed by atoms with Gasteiger partial charge >= 0.3 is 12.2 Å². The highest BCUT2D eigenvalue weighted by atomic mass is 32.1. The molecule has 0 amide bonds. The van der Waals surface area contributed by atoms with Crippen molar-refractivity contribution >= 4 is 49.0 Å². The van der Waals surface area contributed by atoms with Gasteiger partial charge in [-0.05, 0) is 44.4 Å². The van der Waals surface area contributed by atoms with Crippen molar-refractivity contribution in [3.05, 3.63) is 53.0 Å². The Balaban J connectivity index is 1.29. The molecule has 11 nitrogen and oxygen atoms in total. The standard InChI is InChI=1S/C36H30F7N9O2S/c1-16(25-29(45)48-7-6-47-25)52-9-10-53-27-22-26(49-32(50-31(22)52)54-15-34-5-2-8-51(34)14-33(12-34)13-35(33,39)40)24(38)21(23(27)36(41,42)43)17-3-4-19(37)28-20(17)18(11-44)30(46)55-28/h3-4,6-7,16H,2,5,8-10,12-15,46H2,1H3,(H2,45,48)/t16-,33+,34+/m1/s1. The molecule has 0 unspecified atom stereocenters. The number of fused-ring (bicyclic) bond motifs is 2. The molecule has 2 saturated heterocycles. The van der Waals surface area contributed by atoms with E-state index in [1.807, 2.05) is 11.0 Å². The lowest BCUT2D eigenvalue weighted by Gasteiger charge is -2.32. The van der Waals surface area contributed by atoms with Gasteiger partial charge in [0.05, 0.1) is 39.2 Å². The summed E-state index contributed by atoms with van der Waals surface area (Å²) in [7, 11) is 0. The van der Waals surface area contributed by atoms with Crippen molar-refractivity contribution in [2.45, 2.75) is 56.3 Å². The number of nitrogen functional groups attached to an aromatic ring is 2. The van der Waals surface area contributed by atoms with Gasteiger partial charge < -0.3 is 25.8 Å². The molecule has 1 aliphatic carbocycles. The summed E-state index contributed by atoms with van der Waals surface area (Å²) < 4.78 is 120. The van der Waals surface area contributed by atoms with E-state index < -0.39 is 80.1 Å². The zero-order valence-electron chi connectivity index (χ0n) is 28.9. The van der Waals surface area contributed by atoms with Gasteiger partial charge in [-0.25, -0.2) is 22.5 Å². The van der Waals surface area contributed by atoms with Crippen LogP contribution in [-0.2, 0) is 6.18 Å². The average molecular weight is 786 g/mol. The number of nitrogens with two attached hydrogens (primary N) is 2. The Morgan fingerprint density at radius 1 is 1.09 bits per heavy atom. The van der Waals surface area contributed by atoms with Gasteiger partial charge in [0, 0.05) is 36.3 Å². The monoisotopic (exact) mass is 785 g/mol. The second kappa shape index (κ2) is 11.9. The highest BCUT2D eigenvalue weighted by molar-refractivity contribution is 7.23. The first kappa shape index (κ1) is 35.5. The molecule has 5 aromatic rings. The van der Waals surface area contributed by atoms with Gasteiger partial charge in [0.2, 0.25) is 0 Å². The van der Waals surface area contributed by atoms with Crippen LogP contribution >= 0.6 is 11.3 Å². The molecule has 4 aliphatic rings. The maximum atomic E-state index is 17.5. The maximum Gasteiger partial charge on any atom is 0.420 e. The van der Waals surface area contributed by atoms with Crippen LogP contribution in [0.1, 0.15) is 55.5 Å². The summed E-state index contributed by atoms with van der Waals surface area (Å²) >= 11 is 0.644. The first-order chi connectivity index (χ1) is 26.1. The third-order valence-corrected chi connectivity index (χ3v) is 12.6. The van der Waals surface area contributed by atoms with Crippen LogP contribution in [0.2, 0.25) is 0 Å². The van der Waals surface area contributed by atoms with Gasteiger partial charge in [0.1, 0.15) is 64.3 Å². The second-order valence-corrected chi connectivity index (χ2v) is 15.7. The van der Waals surface area contributed by atoms with Gasteiger partial charge in [-0.1, -0.05) is 6.07 Å².